The molecule has 0 aromatic carbocycles. The zero-order valence-corrected chi connectivity index (χ0v) is 13.8. The van der Waals surface area contributed by atoms with Gasteiger partial charge < -0.3 is 10.1 Å². The van der Waals surface area contributed by atoms with Gasteiger partial charge in [0.2, 0.25) is 5.88 Å². The van der Waals surface area contributed by atoms with E-state index >= 15 is 0 Å². The molecule has 0 spiro atoms. The molecule has 0 bridgehead atoms. The van der Waals surface area contributed by atoms with Gasteiger partial charge in [-0.3, -0.25) is 0 Å². The van der Waals surface area contributed by atoms with E-state index in [9.17, 15) is 0 Å². The largest absolute Gasteiger partial charge is 0.478 e. The molecule has 0 unspecified atom stereocenters. The SMILES string of the molecule is CCCNc1cc(OCCC(C)C)nc(C(C)(C)C)n1. The Labute approximate surface area is 123 Å². The van der Waals surface area contributed by atoms with Crippen LogP contribution in [0.3, 0.4) is 0 Å². The van der Waals surface area contributed by atoms with Gasteiger partial charge in [0, 0.05) is 18.0 Å². The highest BCUT2D eigenvalue weighted by Gasteiger charge is 2.19. The Morgan fingerprint density at radius 1 is 1.25 bits per heavy atom. The lowest BCUT2D eigenvalue weighted by Crippen LogP contribution is -2.18. The molecule has 0 aliphatic heterocycles. The molecular weight excluding hydrogens is 250 g/mol. The minimum absolute atomic E-state index is 0.0833. The molecule has 114 valence electrons. The van der Waals surface area contributed by atoms with Crippen molar-refractivity contribution in [3.63, 3.8) is 0 Å². The molecule has 0 amide bonds. The Kier molecular flexibility index (Phi) is 6.24. The van der Waals surface area contributed by atoms with Crippen molar-refractivity contribution in [2.24, 2.45) is 5.92 Å². The van der Waals surface area contributed by atoms with Crippen LogP contribution in [0.1, 0.15) is 60.2 Å². The standard InChI is InChI=1S/C16H29N3O/c1-7-9-17-13-11-14(20-10-8-12(2)3)19-15(18-13)16(4,5)6/h11-12H,7-10H2,1-6H3,(H,17,18,19). The summed E-state index contributed by atoms with van der Waals surface area (Å²) in [5, 5.41) is 3.32. The van der Waals surface area contributed by atoms with Gasteiger partial charge in [0.1, 0.15) is 11.6 Å². The number of aromatic nitrogens is 2. The summed E-state index contributed by atoms with van der Waals surface area (Å²) < 4.78 is 5.78. The van der Waals surface area contributed by atoms with Gasteiger partial charge in [0.25, 0.3) is 0 Å². The van der Waals surface area contributed by atoms with Crippen LogP contribution in [-0.2, 0) is 5.41 Å². The van der Waals surface area contributed by atoms with E-state index in [-0.39, 0.29) is 5.41 Å². The summed E-state index contributed by atoms with van der Waals surface area (Å²) in [6, 6.07) is 1.89. The van der Waals surface area contributed by atoms with Crippen molar-refractivity contribution >= 4 is 5.82 Å². The number of rotatable bonds is 7. The summed E-state index contributed by atoms with van der Waals surface area (Å²) in [6.07, 6.45) is 2.10. The van der Waals surface area contributed by atoms with Gasteiger partial charge in [-0.05, 0) is 18.8 Å². The number of hydrogen-bond donors (Lipinski definition) is 1. The normalized spacial score (nSPS) is 11.8. The van der Waals surface area contributed by atoms with Crippen molar-refractivity contribution in [1.29, 1.82) is 0 Å². The third kappa shape index (κ3) is 5.76. The lowest BCUT2D eigenvalue weighted by Gasteiger charge is -2.19. The molecule has 1 N–H and O–H groups in total. The number of hydrogen-bond acceptors (Lipinski definition) is 4. The van der Waals surface area contributed by atoms with E-state index in [1.54, 1.807) is 0 Å². The molecule has 1 aromatic rings. The fourth-order valence-corrected chi connectivity index (χ4v) is 1.58. The molecule has 1 aromatic heterocycles. The first-order valence-corrected chi connectivity index (χ1v) is 7.59. The van der Waals surface area contributed by atoms with Crippen LogP contribution in [0.4, 0.5) is 5.82 Å². The molecule has 0 radical (unpaired) electrons. The minimum atomic E-state index is -0.0833. The monoisotopic (exact) mass is 279 g/mol. The van der Waals surface area contributed by atoms with Crippen LogP contribution >= 0.6 is 0 Å². The summed E-state index contributed by atoms with van der Waals surface area (Å²) in [5.74, 6) is 2.98. The summed E-state index contributed by atoms with van der Waals surface area (Å²) in [7, 11) is 0. The van der Waals surface area contributed by atoms with E-state index in [0.717, 1.165) is 31.0 Å². The van der Waals surface area contributed by atoms with Gasteiger partial charge in [-0.2, -0.15) is 4.98 Å². The van der Waals surface area contributed by atoms with Crippen molar-refractivity contribution in [2.45, 2.75) is 59.8 Å². The second-order valence-electron chi connectivity index (χ2n) is 6.62. The van der Waals surface area contributed by atoms with Crippen LogP contribution in [0.15, 0.2) is 6.07 Å². The van der Waals surface area contributed by atoms with Crippen LogP contribution in [-0.4, -0.2) is 23.1 Å². The molecule has 0 atom stereocenters. The molecule has 4 heteroatoms. The molecule has 20 heavy (non-hydrogen) atoms. The van der Waals surface area contributed by atoms with E-state index in [2.05, 4.69) is 56.8 Å². The van der Waals surface area contributed by atoms with Gasteiger partial charge in [-0.1, -0.05) is 41.5 Å². The van der Waals surface area contributed by atoms with Crippen LogP contribution in [0.25, 0.3) is 0 Å². The van der Waals surface area contributed by atoms with Crippen LogP contribution in [0.2, 0.25) is 0 Å². The average molecular weight is 279 g/mol. The summed E-state index contributed by atoms with van der Waals surface area (Å²) in [5.41, 5.74) is -0.0833. The van der Waals surface area contributed by atoms with E-state index in [1.165, 1.54) is 0 Å². The maximum absolute atomic E-state index is 5.78. The van der Waals surface area contributed by atoms with Crippen LogP contribution < -0.4 is 10.1 Å². The molecule has 1 rings (SSSR count). The first kappa shape index (κ1) is 16.7. The quantitative estimate of drug-likeness (QED) is 0.819. The topological polar surface area (TPSA) is 47.0 Å². The molecule has 0 saturated carbocycles. The minimum Gasteiger partial charge on any atom is -0.478 e. The lowest BCUT2D eigenvalue weighted by molar-refractivity contribution is 0.276. The van der Waals surface area contributed by atoms with Crippen molar-refractivity contribution in [2.75, 3.05) is 18.5 Å². The van der Waals surface area contributed by atoms with Crippen molar-refractivity contribution in [1.82, 2.24) is 9.97 Å². The molecular formula is C16H29N3O. The lowest BCUT2D eigenvalue weighted by atomic mass is 9.96. The smallest absolute Gasteiger partial charge is 0.218 e. The fourth-order valence-electron chi connectivity index (χ4n) is 1.58. The van der Waals surface area contributed by atoms with Crippen LogP contribution in [0, 0.1) is 5.92 Å². The molecule has 0 aliphatic rings. The second-order valence-corrected chi connectivity index (χ2v) is 6.62. The summed E-state index contributed by atoms with van der Waals surface area (Å²) in [6.45, 7) is 14.5. The Hall–Kier alpha value is -1.32. The number of nitrogens with one attached hydrogen (secondary N) is 1. The first-order valence-electron chi connectivity index (χ1n) is 7.59. The van der Waals surface area contributed by atoms with Gasteiger partial charge in [0.15, 0.2) is 0 Å². The van der Waals surface area contributed by atoms with Crippen LogP contribution in [0.5, 0.6) is 5.88 Å². The second kappa shape index (κ2) is 7.46. The van der Waals surface area contributed by atoms with E-state index in [4.69, 9.17) is 4.74 Å². The molecule has 0 fully saturated rings. The van der Waals surface area contributed by atoms with Gasteiger partial charge in [-0.15, -0.1) is 0 Å². The zero-order valence-electron chi connectivity index (χ0n) is 13.8. The van der Waals surface area contributed by atoms with Gasteiger partial charge in [0.05, 0.1) is 6.61 Å². The highest BCUT2D eigenvalue weighted by molar-refractivity contribution is 5.39. The average Bonchev–Trinajstić information content (AvgIpc) is 2.34. The molecule has 0 aliphatic carbocycles. The Bertz CT molecular complexity index is 411. The highest BCUT2D eigenvalue weighted by Crippen LogP contribution is 2.23. The summed E-state index contributed by atoms with van der Waals surface area (Å²) in [4.78, 5) is 9.12. The maximum Gasteiger partial charge on any atom is 0.218 e. The summed E-state index contributed by atoms with van der Waals surface area (Å²) >= 11 is 0. The Balaban J connectivity index is 2.86. The predicted molar refractivity (Wildman–Crippen MR) is 84.5 cm³/mol. The van der Waals surface area contributed by atoms with Crippen molar-refractivity contribution in [3.8, 4) is 5.88 Å². The van der Waals surface area contributed by atoms with E-state index in [0.29, 0.717) is 18.4 Å². The predicted octanol–water partition coefficient (Wildman–Crippen LogP) is 4.02. The third-order valence-electron chi connectivity index (χ3n) is 2.87. The highest BCUT2D eigenvalue weighted by atomic mass is 16.5. The van der Waals surface area contributed by atoms with Crippen molar-refractivity contribution in [3.05, 3.63) is 11.9 Å². The van der Waals surface area contributed by atoms with Gasteiger partial charge >= 0.3 is 0 Å². The number of anilines is 1. The maximum atomic E-state index is 5.78. The number of nitrogens with zero attached hydrogens (tertiary/aromatic N) is 2. The Morgan fingerprint density at radius 2 is 1.95 bits per heavy atom. The number of ether oxygens (including phenoxy) is 1. The first-order chi connectivity index (χ1) is 9.32. The molecule has 4 nitrogen and oxygen atoms in total. The fraction of sp³-hybridized carbons (Fsp3) is 0.750. The van der Waals surface area contributed by atoms with Crippen molar-refractivity contribution < 1.29 is 4.74 Å². The molecule has 0 saturated heterocycles. The third-order valence-corrected chi connectivity index (χ3v) is 2.87. The van der Waals surface area contributed by atoms with E-state index < -0.39 is 0 Å². The molecule has 1 heterocycles. The van der Waals surface area contributed by atoms with E-state index in [1.807, 2.05) is 6.07 Å². The van der Waals surface area contributed by atoms with Gasteiger partial charge in [-0.25, -0.2) is 4.98 Å². The zero-order chi connectivity index (χ0) is 15.2. The Morgan fingerprint density at radius 3 is 2.50 bits per heavy atom.